The molecule has 0 fully saturated rings. The van der Waals surface area contributed by atoms with Gasteiger partial charge in [0.15, 0.2) is 7.14 Å². The summed E-state index contributed by atoms with van der Waals surface area (Å²) in [5, 5.41) is 4.73. The summed E-state index contributed by atoms with van der Waals surface area (Å²) < 4.78 is 15.9. The standard InChI is InChI=1S/C22H19N2O2P/c1-17-21(22(25)24(23-17)18-11-5-2-6-12-18)27(26,19-13-7-3-8-14-19)20-15-9-4-10-16-20/h2-16,23H,1H3. The molecule has 4 rings (SSSR count). The summed E-state index contributed by atoms with van der Waals surface area (Å²) in [7, 11) is -3.32. The zero-order valence-electron chi connectivity index (χ0n) is 14.9. The van der Waals surface area contributed by atoms with Crippen LogP contribution in [0.5, 0.6) is 0 Å². The van der Waals surface area contributed by atoms with E-state index in [-0.39, 0.29) is 5.56 Å². The van der Waals surface area contributed by atoms with Crippen LogP contribution in [0.1, 0.15) is 5.69 Å². The number of hydrogen-bond donors (Lipinski definition) is 1. The van der Waals surface area contributed by atoms with Crippen LogP contribution in [-0.2, 0) is 4.57 Å². The van der Waals surface area contributed by atoms with E-state index in [4.69, 9.17) is 0 Å². The predicted molar refractivity (Wildman–Crippen MR) is 111 cm³/mol. The van der Waals surface area contributed by atoms with Crippen LogP contribution < -0.4 is 21.5 Å². The Kier molecular flexibility index (Phi) is 4.43. The number of aromatic nitrogens is 2. The summed E-state index contributed by atoms with van der Waals surface area (Å²) in [5.74, 6) is 0. The van der Waals surface area contributed by atoms with Gasteiger partial charge in [0.05, 0.1) is 5.69 Å². The monoisotopic (exact) mass is 374 g/mol. The van der Waals surface area contributed by atoms with Crippen LogP contribution in [0.15, 0.2) is 95.8 Å². The third-order valence-corrected chi connectivity index (χ3v) is 7.82. The van der Waals surface area contributed by atoms with Crippen LogP contribution in [0.3, 0.4) is 0 Å². The normalized spacial score (nSPS) is 11.4. The van der Waals surface area contributed by atoms with Crippen molar-refractivity contribution in [2.75, 3.05) is 0 Å². The van der Waals surface area contributed by atoms with Crippen molar-refractivity contribution in [3.05, 3.63) is 107 Å². The number of para-hydroxylation sites is 1. The SMILES string of the molecule is Cc1[nH]n(-c2ccccc2)c(=O)c1P(=O)(c1ccccc1)c1ccccc1. The molecule has 1 aromatic heterocycles. The predicted octanol–water partition coefficient (Wildman–Crippen LogP) is 3.11. The molecule has 134 valence electrons. The van der Waals surface area contributed by atoms with Crippen LogP contribution in [0, 0.1) is 6.92 Å². The average molecular weight is 374 g/mol. The van der Waals surface area contributed by atoms with Crippen molar-refractivity contribution in [2.45, 2.75) is 6.92 Å². The van der Waals surface area contributed by atoms with E-state index in [9.17, 15) is 9.36 Å². The summed E-state index contributed by atoms with van der Waals surface area (Å²) in [5.41, 5.74) is 1.04. The molecule has 1 heterocycles. The number of aromatic amines is 1. The number of hydrogen-bond acceptors (Lipinski definition) is 2. The van der Waals surface area contributed by atoms with Crippen molar-refractivity contribution >= 4 is 23.1 Å². The molecule has 0 aliphatic rings. The van der Waals surface area contributed by atoms with E-state index in [0.29, 0.717) is 27.3 Å². The lowest BCUT2D eigenvalue weighted by molar-refractivity contribution is 0.592. The van der Waals surface area contributed by atoms with E-state index in [1.807, 2.05) is 91.0 Å². The van der Waals surface area contributed by atoms with Crippen LogP contribution >= 0.6 is 7.14 Å². The molecular weight excluding hydrogens is 355 g/mol. The fraction of sp³-hybridized carbons (Fsp3) is 0.0455. The van der Waals surface area contributed by atoms with E-state index in [1.165, 1.54) is 4.68 Å². The molecule has 0 radical (unpaired) electrons. The van der Waals surface area contributed by atoms with Gasteiger partial charge < -0.3 is 4.57 Å². The van der Waals surface area contributed by atoms with E-state index in [1.54, 1.807) is 6.92 Å². The maximum atomic E-state index is 14.5. The van der Waals surface area contributed by atoms with Crippen LogP contribution in [-0.4, -0.2) is 9.78 Å². The summed E-state index contributed by atoms with van der Waals surface area (Å²) in [6, 6.07) is 27.8. The second-order valence-corrected chi connectivity index (χ2v) is 9.04. The van der Waals surface area contributed by atoms with Gasteiger partial charge in [-0.1, -0.05) is 78.9 Å². The molecule has 3 aromatic carbocycles. The van der Waals surface area contributed by atoms with Crippen molar-refractivity contribution < 1.29 is 4.57 Å². The highest BCUT2D eigenvalue weighted by Gasteiger charge is 2.35. The number of rotatable bonds is 4. The van der Waals surface area contributed by atoms with Crippen LogP contribution in [0.25, 0.3) is 5.69 Å². The fourth-order valence-electron chi connectivity index (χ4n) is 3.35. The number of nitrogens with zero attached hydrogens (tertiary/aromatic N) is 1. The van der Waals surface area contributed by atoms with E-state index in [0.717, 1.165) is 0 Å². The average Bonchev–Trinajstić information content (AvgIpc) is 3.04. The molecule has 0 atom stereocenters. The van der Waals surface area contributed by atoms with Gasteiger partial charge in [-0.25, -0.2) is 4.68 Å². The van der Waals surface area contributed by atoms with E-state index >= 15 is 0 Å². The molecule has 4 nitrogen and oxygen atoms in total. The molecule has 0 aliphatic carbocycles. The molecular formula is C22H19N2O2P. The lowest BCUT2D eigenvalue weighted by Crippen LogP contribution is -2.36. The third-order valence-electron chi connectivity index (χ3n) is 4.61. The first kappa shape index (κ1) is 17.3. The molecule has 27 heavy (non-hydrogen) atoms. The first-order chi connectivity index (χ1) is 13.1. The van der Waals surface area contributed by atoms with E-state index < -0.39 is 7.14 Å². The number of aryl methyl sites for hydroxylation is 1. The van der Waals surface area contributed by atoms with Gasteiger partial charge in [-0.2, -0.15) is 0 Å². The Morgan fingerprint density at radius 2 is 1.19 bits per heavy atom. The van der Waals surface area contributed by atoms with E-state index in [2.05, 4.69) is 5.10 Å². The lowest BCUT2D eigenvalue weighted by Gasteiger charge is -2.18. The Bertz CT molecular complexity index is 1120. The van der Waals surface area contributed by atoms with Crippen molar-refractivity contribution in [2.24, 2.45) is 0 Å². The zero-order valence-corrected chi connectivity index (χ0v) is 15.8. The molecule has 4 aromatic rings. The number of H-pyrrole nitrogens is 1. The highest BCUT2D eigenvalue weighted by Crippen LogP contribution is 2.41. The van der Waals surface area contributed by atoms with Crippen molar-refractivity contribution in [3.63, 3.8) is 0 Å². The Balaban J connectivity index is 2.03. The summed E-state index contributed by atoms with van der Waals surface area (Å²) in [6.07, 6.45) is 0. The molecule has 0 unspecified atom stereocenters. The maximum Gasteiger partial charge on any atom is 0.282 e. The number of benzene rings is 3. The molecule has 0 saturated heterocycles. The minimum Gasteiger partial charge on any atom is -0.308 e. The summed E-state index contributed by atoms with van der Waals surface area (Å²) >= 11 is 0. The summed E-state index contributed by atoms with van der Waals surface area (Å²) in [6.45, 7) is 1.80. The van der Waals surface area contributed by atoms with Crippen LogP contribution in [0.2, 0.25) is 0 Å². The van der Waals surface area contributed by atoms with Crippen molar-refractivity contribution in [1.82, 2.24) is 9.78 Å². The Morgan fingerprint density at radius 3 is 1.67 bits per heavy atom. The largest absolute Gasteiger partial charge is 0.308 e. The smallest absolute Gasteiger partial charge is 0.282 e. The Morgan fingerprint density at radius 1 is 0.741 bits per heavy atom. The minimum absolute atomic E-state index is 0.283. The van der Waals surface area contributed by atoms with Gasteiger partial charge in [-0.3, -0.25) is 9.89 Å². The van der Waals surface area contributed by atoms with Gasteiger partial charge in [-0.15, -0.1) is 0 Å². The van der Waals surface area contributed by atoms with Gasteiger partial charge in [0.25, 0.3) is 5.56 Å². The van der Waals surface area contributed by atoms with Gasteiger partial charge in [-0.05, 0) is 19.1 Å². The highest BCUT2D eigenvalue weighted by molar-refractivity contribution is 7.85. The van der Waals surface area contributed by atoms with Crippen LogP contribution in [0.4, 0.5) is 0 Å². The highest BCUT2D eigenvalue weighted by atomic mass is 31.2. The van der Waals surface area contributed by atoms with Gasteiger partial charge in [0.1, 0.15) is 5.30 Å². The first-order valence-corrected chi connectivity index (χ1v) is 10.4. The lowest BCUT2D eigenvalue weighted by atomic mass is 10.3. The third kappa shape index (κ3) is 2.88. The molecule has 0 spiro atoms. The quantitative estimate of drug-likeness (QED) is 0.558. The van der Waals surface area contributed by atoms with Crippen molar-refractivity contribution in [1.29, 1.82) is 0 Å². The second kappa shape index (κ2) is 6.90. The Hall–Kier alpha value is -3.10. The van der Waals surface area contributed by atoms with Gasteiger partial charge in [0, 0.05) is 16.3 Å². The second-order valence-electron chi connectivity index (χ2n) is 6.34. The maximum absolute atomic E-state index is 14.5. The number of nitrogens with one attached hydrogen (secondary N) is 1. The molecule has 5 heteroatoms. The fourth-order valence-corrected chi connectivity index (χ4v) is 6.24. The molecule has 0 aliphatic heterocycles. The summed E-state index contributed by atoms with van der Waals surface area (Å²) in [4.78, 5) is 13.3. The van der Waals surface area contributed by atoms with Crippen molar-refractivity contribution in [3.8, 4) is 5.69 Å². The van der Waals surface area contributed by atoms with Gasteiger partial charge >= 0.3 is 0 Å². The molecule has 0 amide bonds. The molecule has 0 saturated carbocycles. The zero-order chi connectivity index (χ0) is 18.9. The molecule has 0 bridgehead atoms. The molecule has 1 N–H and O–H groups in total. The van der Waals surface area contributed by atoms with Gasteiger partial charge in [0.2, 0.25) is 0 Å². The first-order valence-electron chi connectivity index (χ1n) is 8.71. The topological polar surface area (TPSA) is 54.9 Å². The Labute approximate surface area is 157 Å². The minimum atomic E-state index is -3.32.